The molecule has 68 valence electrons. The lowest BCUT2D eigenvalue weighted by molar-refractivity contribution is -0.147. The second-order valence-electron chi connectivity index (χ2n) is 1.66. The van der Waals surface area contributed by atoms with E-state index < -0.39 is 19.0 Å². The molecule has 1 heterocycles. The Morgan fingerprint density at radius 1 is 1.75 bits per heavy atom. The van der Waals surface area contributed by atoms with E-state index in [2.05, 4.69) is 14.4 Å². The summed E-state index contributed by atoms with van der Waals surface area (Å²) in [4.78, 5) is 14.0. The van der Waals surface area contributed by atoms with Gasteiger partial charge in [-0.3, -0.25) is 0 Å². The lowest BCUT2D eigenvalue weighted by Crippen LogP contribution is -2.27. The van der Waals surface area contributed by atoms with Gasteiger partial charge in [0.15, 0.2) is 0 Å². The molecular weight excluding hydrogens is 178 g/mol. The number of hydrogen-bond donors (Lipinski definition) is 1. The first-order valence-corrected chi connectivity index (χ1v) is 2.78. The van der Waals surface area contributed by atoms with Crippen LogP contribution >= 0.6 is 0 Å². The second kappa shape index (κ2) is 3.30. The van der Waals surface area contributed by atoms with Gasteiger partial charge in [0.25, 0.3) is 0 Å². The van der Waals surface area contributed by atoms with Crippen LogP contribution in [0, 0.1) is 0 Å². The quantitative estimate of drug-likeness (QED) is 0.647. The van der Waals surface area contributed by atoms with Crippen molar-refractivity contribution in [1.82, 2.24) is 9.94 Å². The minimum atomic E-state index is -3.17. The molecule has 0 fully saturated rings. The van der Waals surface area contributed by atoms with Crippen molar-refractivity contribution >= 4 is 0 Å². The predicted molar refractivity (Wildman–Crippen MR) is 29.3 cm³/mol. The molecule has 0 aliphatic heterocycles. The van der Waals surface area contributed by atoms with E-state index in [-0.39, 0.29) is 10.7 Å². The summed E-state index contributed by atoms with van der Waals surface area (Å²) in [7, 11) is 0. The predicted octanol–water partition coefficient (Wildman–Crippen LogP) is -1.02. The van der Waals surface area contributed by atoms with Crippen LogP contribution in [-0.2, 0) is 6.61 Å². The lowest BCUT2D eigenvalue weighted by Gasteiger charge is -1.96. The molecule has 0 atom stereocenters. The standard InChI is InChI=1S/C4H4F2N2O4/c5-3(6)12-8-4(10)11-2(1-9)7-8/h3,9H,1H2. The number of aliphatic hydroxyl groups excluding tert-OH is 1. The second-order valence-corrected chi connectivity index (χ2v) is 1.66. The van der Waals surface area contributed by atoms with Crippen LogP contribution in [0.2, 0.25) is 0 Å². The van der Waals surface area contributed by atoms with Gasteiger partial charge >= 0.3 is 12.4 Å². The maximum atomic E-state index is 11.5. The zero-order valence-corrected chi connectivity index (χ0v) is 5.61. The third kappa shape index (κ3) is 1.78. The molecule has 1 aromatic heterocycles. The normalized spacial score (nSPS) is 10.7. The minimum Gasteiger partial charge on any atom is -0.387 e. The van der Waals surface area contributed by atoms with Gasteiger partial charge in [0.2, 0.25) is 5.89 Å². The van der Waals surface area contributed by atoms with Gasteiger partial charge in [-0.25, -0.2) is 4.79 Å². The average molecular weight is 182 g/mol. The number of nitrogens with zero attached hydrogens (tertiary/aromatic N) is 2. The lowest BCUT2D eigenvalue weighted by atomic mass is 10.7. The SMILES string of the molecule is O=c1oc(CO)nn1OC(F)F. The van der Waals surface area contributed by atoms with Gasteiger partial charge in [-0.2, -0.15) is 8.78 Å². The highest BCUT2D eigenvalue weighted by atomic mass is 19.3. The fraction of sp³-hybridized carbons (Fsp3) is 0.500. The van der Waals surface area contributed by atoms with Crippen LogP contribution < -0.4 is 10.6 Å². The summed E-state index contributed by atoms with van der Waals surface area (Å²) >= 11 is 0. The topological polar surface area (TPSA) is 77.5 Å². The first-order valence-electron chi connectivity index (χ1n) is 2.78. The van der Waals surface area contributed by atoms with Gasteiger partial charge < -0.3 is 14.4 Å². The molecule has 6 nitrogen and oxygen atoms in total. The Balaban J connectivity index is 2.85. The first kappa shape index (κ1) is 8.65. The van der Waals surface area contributed by atoms with Crippen molar-refractivity contribution in [3.05, 3.63) is 16.4 Å². The number of hydrogen-bond acceptors (Lipinski definition) is 5. The van der Waals surface area contributed by atoms with Gasteiger partial charge in [0.05, 0.1) is 0 Å². The number of aliphatic hydroxyl groups is 1. The summed E-state index contributed by atoms with van der Waals surface area (Å²) in [6.07, 6.45) is 0. The maximum absolute atomic E-state index is 11.5. The van der Waals surface area contributed by atoms with E-state index in [0.29, 0.717) is 0 Å². The van der Waals surface area contributed by atoms with E-state index in [1.54, 1.807) is 0 Å². The van der Waals surface area contributed by atoms with E-state index in [1.807, 2.05) is 0 Å². The monoisotopic (exact) mass is 182 g/mol. The highest BCUT2D eigenvalue weighted by molar-refractivity contribution is 4.67. The third-order valence-corrected chi connectivity index (χ3v) is 0.878. The molecule has 0 aromatic carbocycles. The van der Waals surface area contributed by atoms with Crippen LogP contribution in [0.5, 0.6) is 0 Å². The van der Waals surface area contributed by atoms with Crippen molar-refractivity contribution in [3.63, 3.8) is 0 Å². The molecular formula is C4H4F2N2O4. The van der Waals surface area contributed by atoms with Gasteiger partial charge in [-0.05, 0) is 4.85 Å². The number of halogens is 2. The average Bonchev–Trinajstić information content (AvgIpc) is 2.31. The summed E-state index contributed by atoms with van der Waals surface area (Å²) in [6, 6.07) is 0. The molecule has 1 N–H and O–H groups in total. The Bertz CT molecular complexity index is 306. The van der Waals surface area contributed by atoms with Crippen molar-refractivity contribution in [1.29, 1.82) is 0 Å². The molecule has 12 heavy (non-hydrogen) atoms. The summed E-state index contributed by atoms with van der Waals surface area (Å²) in [5, 5.41) is 11.4. The molecule has 0 aliphatic carbocycles. The van der Waals surface area contributed by atoms with Crippen molar-refractivity contribution in [2.75, 3.05) is 0 Å². The minimum absolute atomic E-state index is 0.0315. The van der Waals surface area contributed by atoms with Crippen molar-refractivity contribution in [3.8, 4) is 0 Å². The Morgan fingerprint density at radius 3 is 2.83 bits per heavy atom. The van der Waals surface area contributed by atoms with Crippen LogP contribution in [0.15, 0.2) is 9.21 Å². The van der Waals surface area contributed by atoms with E-state index in [4.69, 9.17) is 5.11 Å². The molecule has 0 unspecified atom stereocenters. The van der Waals surface area contributed by atoms with Crippen LogP contribution in [0.25, 0.3) is 0 Å². The molecule has 0 aliphatic rings. The zero-order valence-electron chi connectivity index (χ0n) is 5.61. The van der Waals surface area contributed by atoms with Gasteiger partial charge in [0, 0.05) is 0 Å². The number of alkyl halides is 2. The fourth-order valence-corrected chi connectivity index (χ4v) is 0.508. The highest BCUT2D eigenvalue weighted by Crippen LogP contribution is 1.91. The molecule has 0 bridgehead atoms. The van der Waals surface area contributed by atoms with E-state index in [1.165, 1.54) is 0 Å². The van der Waals surface area contributed by atoms with Crippen LogP contribution in [0.1, 0.15) is 5.89 Å². The molecule has 0 radical (unpaired) electrons. The smallest absolute Gasteiger partial charge is 0.387 e. The molecule has 0 saturated heterocycles. The molecule has 1 rings (SSSR count). The number of aromatic nitrogens is 2. The van der Waals surface area contributed by atoms with Crippen LogP contribution in [0.3, 0.4) is 0 Å². The molecule has 1 aromatic rings. The third-order valence-electron chi connectivity index (χ3n) is 0.878. The summed E-state index contributed by atoms with van der Waals surface area (Å²) in [5.74, 6) is -1.60. The van der Waals surface area contributed by atoms with Crippen molar-refractivity contribution in [2.45, 2.75) is 13.2 Å². The first-order chi connectivity index (χ1) is 5.63. The molecule has 0 saturated carbocycles. The van der Waals surface area contributed by atoms with Crippen LogP contribution in [-0.4, -0.2) is 21.7 Å². The van der Waals surface area contributed by atoms with Gasteiger partial charge in [-0.15, -0.1) is 0 Å². The fourth-order valence-electron chi connectivity index (χ4n) is 0.508. The summed E-state index contributed by atoms with van der Waals surface area (Å²) < 4.78 is 27.1. The van der Waals surface area contributed by atoms with Gasteiger partial charge in [-0.1, -0.05) is 5.10 Å². The largest absolute Gasteiger partial charge is 0.472 e. The maximum Gasteiger partial charge on any atom is 0.472 e. The highest BCUT2D eigenvalue weighted by Gasteiger charge is 2.11. The zero-order chi connectivity index (χ0) is 9.14. The van der Waals surface area contributed by atoms with E-state index >= 15 is 0 Å². The Labute approximate surface area is 63.9 Å². The van der Waals surface area contributed by atoms with Gasteiger partial charge in [0.1, 0.15) is 6.61 Å². The van der Waals surface area contributed by atoms with E-state index in [0.717, 1.165) is 0 Å². The number of rotatable bonds is 3. The molecule has 8 heteroatoms. The van der Waals surface area contributed by atoms with Crippen molar-refractivity contribution in [2.24, 2.45) is 0 Å². The molecule has 0 amide bonds. The molecule has 0 spiro atoms. The van der Waals surface area contributed by atoms with E-state index in [9.17, 15) is 13.6 Å². The Morgan fingerprint density at radius 2 is 2.42 bits per heavy atom. The van der Waals surface area contributed by atoms with Crippen molar-refractivity contribution < 1.29 is 23.1 Å². The summed E-state index contributed by atoms with van der Waals surface area (Å²) in [6.45, 7) is -3.83. The Kier molecular flexibility index (Phi) is 2.38. The van der Waals surface area contributed by atoms with Crippen LogP contribution in [0.4, 0.5) is 8.78 Å². The summed E-state index contributed by atoms with van der Waals surface area (Å²) in [5.41, 5.74) is 0. The Hall–Kier alpha value is -1.44.